The Hall–Kier alpha value is -2.56. The summed E-state index contributed by atoms with van der Waals surface area (Å²) in [5.74, 6) is -0.213. The molecular formula is C18H13F3O2. The molecule has 0 aromatic heterocycles. The zero-order chi connectivity index (χ0) is 16.6. The predicted molar refractivity (Wildman–Crippen MR) is 80.2 cm³/mol. The predicted octanol–water partition coefficient (Wildman–Crippen LogP) is 4.62. The van der Waals surface area contributed by atoms with Gasteiger partial charge in [-0.25, -0.2) is 0 Å². The number of aromatic hydroxyl groups is 1. The molecule has 2 aromatic rings. The fraction of sp³-hybridized carbons (Fsp3) is 0.167. The van der Waals surface area contributed by atoms with Crippen LogP contribution < -0.4 is 0 Å². The van der Waals surface area contributed by atoms with Gasteiger partial charge in [0.05, 0.1) is 5.56 Å². The molecule has 0 bridgehead atoms. The van der Waals surface area contributed by atoms with Crippen LogP contribution in [0.1, 0.15) is 33.5 Å². The van der Waals surface area contributed by atoms with E-state index >= 15 is 0 Å². The van der Waals surface area contributed by atoms with E-state index in [4.69, 9.17) is 0 Å². The number of phenolic OH excluding ortho intramolecular Hbond substituents is 1. The second kappa shape index (κ2) is 5.57. The summed E-state index contributed by atoms with van der Waals surface area (Å²) >= 11 is 0. The number of hydrogen-bond acceptors (Lipinski definition) is 2. The SMILES string of the molecule is O=C1/C(=C/c2ccccc2C(F)(F)F)CCc2cc(O)ccc21. The van der Waals surface area contributed by atoms with Crippen LogP contribution in [0.4, 0.5) is 13.2 Å². The van der Waals surface area contributed by atoms with Crippen molar-refractivity contribution in [1.29, 1.82) is 0 Å². The van der Waals surface area contributed by atoms with Gasteiger partial charge in [0.15, 0.2) is 5.78 Å². The molecule has 0 fully saturated rings. The van der Waals surface area contributed by atoms with Crippen LogP contribution in [0.2, 0.25) is 0 Å². The van der Waals surface area contributed by atoms with Crippen molar-refractivity contribution >= 4 is 11.9 Å². The zero-order valence-electron chi connectivity index (χ0n) is 12.0. The Balaban J connectivity index is 2.03. The average Bonchev–Trinajstić information content (AvgIpc) is 2.49. The summed E-state index contributed by atoms with van der Waals surface area (Å²) in [6.45, 7) is 0. The van der Waals surface area contributed by atoms with Crippen LogP contribution >= 0.6 is 0 Å². The number of aryl methyl sites for hydroxylation is 1. The van der Waals surface area contributed by atoms with Crippen molar-refractivity contribution in [2.24, 2.45) is 0 Å². The number of benzene rings is 2. The van der Waals surface area contributed by atoms with Crippen LogP contribution in [0.3, 0.4) is 0 Å². The molecule has 1 aliphatic carbocycles. The van der Waals surface area contributed by atoms with Gasteiger partial charge < -0.3 is 5.11 Å². The largest absolute Gasteiger partial charge is 0.508 e. The topological polar surface area (TPSA) is 37.3 Å². The van der Waals surface area contributed by atoms with Crippen molar-refractivity contribution in [1.82, 2.24) is 0 Å². The highest BCUT2D eigenvalue weighted by molar-refractivity contribution is 6.13. The molecule has 0 spiro atoms. The van der Waals surface area contributed by atoms with E-state index in [0.717, 1.165) is 11.6 Å². The number of rotatable bonds is 1. The summed E-state index contributed by atoms with van der Waals surface area (Å²) < 4.78 is 39.1. The quantitative estimate of drug-likeness (QED) is 0.779. The number of phenols is 1. The van der Waals surface area contributed by atoms with E-state index in [1.165, 1.54) is 42.5 Å². The first-order valence-corrected chi connectivity index (χ1v) is 7.09. The molecule has 0 heterocycles. The van der Waals surface area contributed by atoms with Crippen molar-refractivity contribution in [2.75, 3.05) is 0 Å². The monoisotopic (exact) mass is 318 g/mol. The first-order valence-electron chi connectivity index (χ1n) is 7.09. The fourth-order valence-corrected chi connectivity index (χ4v) is 2.77. The smallest absolute Gasteiger partial charge is 0.416 e. The highest BCUT2D eigenvalue weighted by Crippen LogP contribution is 2.34. The summed E-state index contributed by atoms with van der Waals surface area (Å²) in [6.07, 6.45) is -2.28. The number of alkyl halides is 3. The maximum atomic E-state index is 13.0. The minimum atomic E-state index is -4.46. The molecule has 2 nitrogen and oxygen atoms in total. The highest BCUT2D eigenvalue weighted by Gasteiger charge is 2.33. The minimum Gasteiger partial charge on any atom is -0.508 e. The zero-order valence-corrected chi connectivity index (χ0v) is 12.0. The van der Waals surface area contributed by atoms with E-state index in [0.29, 0.717) is 24.0 Å². The molecule has 1 N–H and O–H groups in total. The van der Waals surface area contributed by atoms with Gasteiger partial charge in [0.2, 0.25) is 0 Å². The molecule has 1 aliphatic rings. The molecule has 0 radical (unpaired) electrons. The Bertz CT molecular complexity index is 804. The van der Waals surface area contributed by atoms with Gasteiger partial charge in [-0.3, -0.25) is 4.79 Å². The van der Waals surface area contributed by atoms with Crippen LogP contribution in [0, 0.1) is 0 Å². The van der Waals surface area contributed by atoms with Crippen LogP contribution in [0.5, 0.6) is 5.75 Å². The summed E-state index contributed by atoms with van der Waals surface area (Å²) in [6, 6.07) is 9.64. The van der Waals surface area contributed by atoms with Crippen LogP contribution in [-0.2, 0) is 12.6 Å². The summed E-state index contributed by atoms with van der Waals surface area (Å²) in [5, 5.41) is 9.45. The maximum Gasteiger partial charge on any atom is 0.416 e. The van der Waals surface area contributed by atoms with Crippen molar-refractivity contribution in [3.05, 3.63) is 70.3 Å². The molecule has 3 rings (SSSR count). The van der Waals surface area contributed by atoms with Gasteiger partial charge in [0, 0.05) is 11.1 Å². The second-order valence-electron chi connectivity index (χ2n) is 5.43. The van der Waals surface area contributed by atoms with Gasteiger partial charge >= 0.3 is 6.18 Å². The van der Waals surface area contributed by atoms with Crippen molar-refractivity contribution in [3.63, 3.8) is 0 Å². The molecule has 0 amide bonds. The van der Waals surface area contributed by atoms with E-state index in [2.05, 4.69) is 0 Å². The average molecular weight is 318 g/mol. The van der Waals surface area contributed by atoms with Crippen molar-refractivity contribution in [2.45, 2.75) is 19.0 Å². The lowest BCUT2D eigenvalue weighted by Gasteiger charge is -2.18. The first-order chi connectivity index (χ1) is 10.9. The van der Waals surface area contributed by atoms with E-state index in [1.807, 2.05) is 0 Å². The molecule has 5 heteroatoms. The Morgan fingerprint density at radius 3 is 2.52 bits per heavy atom. The van der Waals surface area contributed by atoms with Gasteiger partial charge in [-0.05, 0) is 54.3 Å². The molecule has 0 saturated heterocycles. The number of halogens is 3. The second-order valence-corrected chi connectivity index (χ2v) is 5.43. The lowest BCUT2D eigenvalue weighted by Crippen LogP contribution is -2.14. The molecule has 0 atom stereocenters. The third kappa shape index (κ3) is 2.99. The lowest BCUT2D eigenvalue weighted by atomic mass is 9.85. The fourth-order valence-electron chi connectivity index (χ4n) is 2.77. The number of fused-ring (bicyclic) bond motifs is 1. The third-order valence-corrected chi connectivity index (χ3v) is 3.88. The lowest BCUT2D eigenvalue weighted by molar-refractivity contribution is -0.137. The van der Waals surface area contributed by atoms with E-state index < -0.39 is 11.7 Å². The molecule has 118 valence electrons. The van der Waals surface area contributed by atoms with Gasteiger partial charge in [-0.15, -0.1) is 0 Å². The van der Waals surface area contributed by atoms with Crippen LogP contribution in [0.25, 0.3) is 6.08 Å². The standard InChI is InChI=1S/C18H13F3O2/c19-18(20,21)16-4-2-1-3-12(16)9-13-6-5-11-10-14(22)7-8-15(11)17(13)23/h1-4,7-10,22H,5-6H2/b13-9+. The summed E-state index contributed by atoms with van der Waals surface area (Å²) in [5.41, 5.74) is 0.739. The minimum absolute atomic E-state index is 0.00872. The Kier molecular flexibility index (Phi) is 3.72. The maximum absolute atomic E-state index is 13.0. The molecule has 23 heavy (non-hydrogen) atoms. The van der Waals surface area contributed by atoms with Gasteiger partial charge in [0.1, 0.15) is 5.75 Å². The normalized spacial score (nSPS) is 16.5. The van der Waals surface area contributed by atoms with Crippen molar-refractivity contribution < 1.29 is 23.1 Å². The number of hydrogen-bond donors (Lipinski definition) is 1. The van der Waals surface area contributed by atoms with E-state index in [9.17, 15) is 23.1 Å². The van der Waals surface area contributed by atoms with Crippen molar-refractivity contribution in [3.8, 4) is 5.75 Å². The molecular weight excluding hydrogens is 305 g/mol. The number of Topliss-reactive ketones (excluding diaryl/α,β-unsaturated/α-hetero) is 1. The Morgan fingerprint density at radius 1 is 1.04 bits per heavy atom. The number of ketones is 1. The van der Waals surface area contributed by atoms with E-state index in [1.54, 1.807) is 0 Å². The molecule has 2 aromatic carbocycles. The third-order valence-electron chi connectivity index (χ3n) is 3.88. The van der Waals surface area contributed by atoms with Gasteiger partial charge in [0.25, 0.3) is 0 Å². The highest BCUT2D eigenvalue weighted by atomic mass is 19.4. The molecule has 0 aliphatic heterocycles. The Labute approximate surface area is 130 Å². The summed E-state index contributed by atoms with van der Waals surface area (Å²) in [4.78, 5) is 12.5. The van der Waals surface area contributed by atoms with Gasteiger partial charge in [-0.2, -0.15) is 13.2 Å². The Morgan fingerprint density at radius 2 is 1.78 bits per heavy atom. The number of carbonyl (C=O) groups excluding carboxylic acids is 1. The summed E-state index contributed by atoms with van der Waals surface area (Å²) in [7, 11) is 0. The first kappa shape index (κ1) is 15.3. The van der Waals surface area contributed by atoms with Crippen LogP contribution in [0.15, 0.2) is 48.0 Å². The molecule has 0 unspecified atom stereocenters. The van der Waals surface area contributed by atoms with Crippen LogP contribution in [-0.4, -0.2) is 10.9 Å². The molecule has 0 saturated carbocycles. The number of carbonyl (C=O) groups is 1. The number of allylic oxidation sites excluding steroid dienone is 1. The van der Waals surface area contributed by atoms with E-state index in [-0.39, 0.29) is 17.1 Å². The van der Waals surface area contributed by atoms with Gasteiger partial charge in [-0.1, -0.05) is 18.2 Å².